The second-order valence-corrected chi connectivity index (χ2v) is 6.13. The van der Waals surface area contributed by atoms with E-state index in [0.717, 1.165) is 29.4 Å². The van der Waals surface area contributed by atoms with Crippen molar-refractivity contribution in [2.24, 2.45) is 0 Å². The van der Waals surface area contributed by atoms with Crippen LogP contribution in [0.25, 0.3) is 0 Å². The molecule has 2 rings (SSSR count). The number of aromatic nitrogens is 2. The van der Waals surface area contributed by atoms with Gasteiger partial charge in [0.05, 0.1) is 12.1 Å². The van der Waals surface area contributed by atoms with Crippen molar-refractivity contribution in [1.29, 1.82) is 0 Å². The summed E-state index contributed by atoms with van der Waals surface area (Å²) >= 11 is 1.80. The molecule has 2 aromatic rings. The smallest absolute Gasteiger partial charge is 0.229 e. The molecule has 0 fully saturated rings. The average Bonchev–Trinajstić information content (AvgIpc) is 2.81. The van der Waals surface area contributed by atoms with Crippen molar-refractivity contribution in [3.8, 4) is 0 Å². The van der Waals surface area contributed by atoms with Crippen LogP contribution < -0.4 is 5.32 Å². The molecule has 1 heterocycles. The lowest BCUT2D eigenvalue weighted by atomic mass is 10.1. The summed E-state index contributed by atoms with van der Waals surface area (Å²) in [4.78, 5) is 13.3. The highest BCUT2D eigenvalue weighted by Gasteiger charge is 2.09. The molecule has 112 valence electrons. The molecule has 0 radical (unpaired) electrons. The molecule has 0 unspecified atom stereocenters. The quantitative estimate of drug-likeness (QED) is 0.831. The van der Waals surface area contributed by atoms with Crippen LogP contribution in [0.4, 0.5) is 5.82 Å². The fourth-order valence-corrected chi connectivity index (χ4v) is 2.79. The number of anilines is 1. The number of rotatable bonds is 6. The highest BCUT2D eigenvalue weighted by molar-refractivity contribution is 7.99. The lowest BCUT2D eigenvalue weighted by molar-refractivity contribution is -0.115. The topological polar surface area (TPSA) is 46.9 Å². The van der Waals surface area contributed by atoms with E-state index in [9.17, 15) is 4.79 Å². The number of carbonyl (C=O) groups is 1. The predicted molar refractivity (Wildman–Crippen MR) is 87.8 cm³/mol. The Kier molecular flexibility index (Phi) is 5.44. The second-order valence-electron chi connectivity index (χ2n) is 4.79. The fourth-order valence-electron chi connectivity index (χ4n) is 2.13. The molecule has 0 aliphatic carbocycles. The van der Waals surface area contributed by atoms with Gasteiger partial charge in [0.25, 0.3) is 0 Å². The van der Waals surface area contributed by atoms with Gasteiger partial charge in [-0.05, 0) is 37.3 Å². The Morgan fingerprint density at radius 3 is 2.62 bits per heavy atom. The van der Waals surface area contributed by atoms with E-state index >= 15 is 0 Å². The predicted octanol–water partition coefficient (Wildman–Crippen LogP) is 3.50. The first-order valence-corrected chi connectivity index (χ1v) is 8.17. The second kappa shape index (κ2) is 7.31. The van der Waals surface area contributed by atoms with E-state index in [1.165, 1.54) is 4.90 Å². The highest BCUT2D eigenvalue weighted by Crippen LogP contribution is 2.18. The van der Waals surface area contributed by atoms with E-state index in [1.54, 1.807) is 16.4 Å². The molecule has 0 saturated carbocycles. The van der Waals surface area contributed by atoms with Crippen molar-refractivity contribution < 1.29 is 4.79 Å². The van der Waals surface area contributed by atoms with Crippen LogP contribution in [0, 0.1) is 6.92 Å². The maximum Gasteiger partial charge on any atom is 0.229 e. The molecule has 0 spiro atoms. The van der Waals surface area contributed by atoms with Gasteiger partial charge in [0, 0.05) is 17.5 Å². The Morgan fingerprint density at radius 1 is 1.29 bits per heavy atom. The van der Waals surface area contributed by atoms with Crippen molar-refractivity contribution >= 4 is 23.5 Å². The van der Waals surface area contributed by atoms with Gasteiger partial charge >= 0.3 is 0 Å². The van der Waals surface area contributed by atoms with Gasteiger partial charge in [-0.1, -0.05) is 19.1 Å². The van der Waals surface area contributed by atoms with E-state index in [1.807, 2.05) is 32.0 Å². The largest absolute Gasteiger partial charge is 0.311 e. The van der Waals surface area contributed by atoms with Crippen LogP contribution >= 0.6 is 11.8 Å². The first kappa shape index (κ1) is 15.6. The van der Waals surface area contributed by atoms with Crippen molar-refractivity contribution in [2.45, 2.75) is 38.6 Å². The van der Waals surface area contributed by atoms with Crippen LogP contribution in [0.2, 0.25) is 0 Å². The molecule has 0 aliphatic rings. The fraction of sp³-hybridized carbons (Fsp3) is 0.375. The summed E-state index contributed by atoms with van der Waals surface area (Å²) in [5, 5.41) is 7.25. The number of carbonyl (C=O) groups excluding carboxylic acids is 1. The van der Waals surface area contributed by atoms with Gasteiger partial charge in [-0.3, -0.25) is 4.79 Å². The number of thioether (sulfide) groups is 1. The van der Waals surface area contributed by atoms with E-state index in [2.05, 4.69) is 29.5 Å². The van der Waals surface area contributed by atoms with Gasteiger partial charge < -0.3 is 5.32 Å². The summed E-state index contributed by atoms with van der Waals surface area (Å²) in [5.41, 5.74) is 1.93. The SMILES string of the molecule is CCSc1ccc(CC(=O)Nc2cc(C)nn2CC)cc1. The molecule has 0 saturated heterocycles. The molecule has 5 heteroatoms. The average molecular weight is 303 g/mol. The van der Waals surface area contributed by atoms with Crippen LogP contribution in [-0.4, -0.2) is 21.4 Å². The third kappa shape index (κ3) is 4.36. The highest BCUT2D eigenvalue weighted by atomic mass is 32.2. The molecule has 1 aromatic carbocycles. The van der Waals surface area contributed by atoms with E-state index in [4.69, 9.17) is 0 Å². The number of amides is 1. The monoisotopic (exact) mass is 303 g/mol. The number of benzene rings is 1. The third-order valence-electron chi connectivity index (χ3n) is 3.07. The molecule has 1 aromatic heterocycles. The maximum atomic E-state index is 12.1. The Bertz CT molecular complexity index is 604. The molecule has 1 N–H and O–H groups in total. The van der Waals surface area contributed by atoms with E-state index in [0.29, 0.717) is 6.42 Å². The molecular weight excluding hydrogens is 282 g/mol. The summed E-state index contributed by atoms with van der Waals surface area (Å²) in [5.74, 6) is 1.80. The van der Waals surface area contributed by atoms with Gasteiger partial charge in [-0.25, -0.2) is 4.68 Å². The first-order chi connectivity index (χ1) is 10.1. The summed E-state index contributed by atoms with van der Waals surface area (Å²) in [6, 6.07) is 10.1. The molecule has 1 amide bonds. The normalized spacial score (nSPS) is 10.6. The molecule has 0 bridgehead atoms. The summed E-state index contributed by atoms with van der Waals surface area (Å²) in [7, 11) is 0. The van der Waals surface area contributed by atoms with Crippen LogP contribution in [-0.2, 0) is 17.8 Å². The van der Waals surface area contributed by atoms with Crippen molar-refractivity contribution in [3.63, 3.8) is 0 Å². The van der Waals surface area contributed by atoms with Crippen molar-refractivity contribution in [1.82, 2.24) is 9.78 Å². The summed E-state index contributed by atoms with van der Waals surface area (Å²) in [6.07, 6.45) is 0.380. The lowest BCUT2D eigenvalue weighted by Gasteiger charge is -2.07. The van der Waals surface area contributed by atoms with Gasteiger partial charge in [-0.15, -0.1) is 11.8 Å². The Labute approximate surface area is 129 Å². The van der Waals surface area contributed by atoms with Crippen molar-refractivity contribution in [3.05, 3.63) is 41.6 Å². The number of nitrogens with one attached hydrogen (secondary N) is 1. The standard InChI is InChI=1S/C16H21N3OS/c1-4-19-15(10-12(3)18-19)17-16(20)11-13-6-8-14(9-7-13)21-5-2/h6-10H,4-5,11H2,1-3H3,(H,17,20). The van der Waals surface area contributed by atoms with Crippen LogP contribution in [0.15, 0.2) is 35.2 Å². The van der Waals surface area contributed by atoms with Gasteiger partial charge in [-0.2, -0.15) is 5.10 Å². The lowest BCUT2D eigenvalue weighted by Crippen LogP contribution is -2.17. The maximum absolute atomic E-state index is 12.1. The molecule has 21 heavy (non-hydrogen) atoms. The zero-order valence-electron chi connectivity index (χ0n) is 12.7. The van der Waals surface area contributed by atoms with Gasteiger partial charge in [0.1, 0.15) is 5.82 Å². The molecule has 0 aliphatic heterocycles. The first-order valence-electron chi connectivity index (χ1n) is 7.18. The Hall–Kier alpha value is -1.75. The number of hydrogen-bond acceptors (Lipinski definition) is 3. The van der Waals surface area contributed by atoms with Gasteiger partial charge in [0.15, 0.2) is 0 Å². The van der Waals surface area contributed by atoms with Crippen LogP contribution in [0.1, 0.15) is 25.1 Å². The molecular formula is C16H21N3OS. The van der Waals surface area contributed by atoms with E-state index < -0.39 is 0 Å². The summed E-state index contributed by atoms with van der Waals surface area (Å²) in [6.45, 7) is 6.80. The Morgan fingerprint density at radius 2 is 2.00 bits per heavy atom. The Balaban J connectivity index is 1.97. The van der Waals surface area contributed by atoms with Crippen LogP contribution in [0.5, 0.6) is 0 Å². The number of nitrogens with zero attached hydrogens (tertiary/aromatic N) is 2. The number of hydrogen-bond donors (Lipinski definition) is 1. The van der Waals surface area contributed by atoms with Gasteiger partial charge in [0.2, 0.25) is 5.91 Å². The molecule has 4 nitrogen and oxygen atoms in total. The van der Waals surface area contributed by atoms with Crippen LogP contribution in [0.3, 0.4) is 0 Å². The third-order valence-corrected chi connectivity index (χ3v) is 3.96. The van der Waals surface area contributed by atoms with Crippen molar-refractivity contribution in [2.75, 3.05) is 11.1 Å². The zero-order valence-corrected chi connectivity index (χ0v) is 13.5. The molecule has 0 atom stereocenters. The number of aryl methyl sites for hydroxylation is 2. The minimum Gasteiger partial charge on any atom is -0.311 e. The zero-order chi connectivity index (χ0) is 15.2. The summed E-state index contributed by atoms with van der Waals surface area (Å²) < 4.78 is 1.80. The minimum absolute atomic E-state index is 0.0134. The van der Waals surface area contributed by atoms with E-state index in [-0.39, 0.29) is 5.91 Å². The minimum atomic E-state index is -0.0134.